The Bertz CT molecular complexity index is 244. The summed E-state index contributed by atoms with van der Waals surface area (Å²) < 4.78 is 0. The molecule has 3 unspecified atom stereocenters. The fourth-order valence-corrected chi connectivity index (χ4v) is 3.32. The van der Waals surface area contributed by atoms with Crippen molar-refractivity contribution in [1.82, 2.24) is 15.1 Å². The van der Waals surface area contributed by atoms with Gasteiger partial charge in [0.2, 0.25) is 0 Å². The van der Waals surface area contributed by atoms with Crippen molar-refractivity contribution in [2.24, 2.45) is 5.92 Å². The van der Waals surface area contributed by atoms with Gasteiger partial charge in [0, 0.05) is 43.8 Å². The van der Waals surface area contributed by atoms with E-state index >= 15 is 0 Å². The van der Waals surface area contributed by atoms with Crippen molar-refractivity contribution in [3.05, 3.63) is 0 Å². The molecular formula is C16H35N3. The SMILES string of the molecule is CC1CN(C)C(C)CC1NCCN(C(C)C)C(C)C. The summed E-state index contributed by atoms with van der Waals surface area (Å²) in [6, 6.07) is 2.67. The molecule has 0 spiro atoms. The molecule has 1 aliphatic rings. The molecule has 0 amide bonds. The second-order valence-corrected chi connectivity index (χ2v) is 6.99. The minimum atomic E-state index is 0.635. The summed E-state index contributed by atoms with van der Waals surface area (Å²) in [6.07, 6.45) is 1.28. The van der Waals surface area contributed by atoms with E-state index in [0.717, 1.165) is 19.0 Å². The molecule has 1 fully saturated rings. The molecule has 1 saturated heterocycles. The summed E-state index contributed by atoms with van der Waals surface area (Å²) in [7, 11) is 2.25. The lowest BCUT2D eigenvalue weighted by Crippen LogP contribution is -2.52. The van der Waals surface area contributed by atoms with Crippen LogP contribution in [0.3, 0.4) is 0 Å². The monoisotopic (exact) mass is 269 g/mol. The zero-order chi connectivity index (χ0) is 14.6. The van der Waals surface area contributed by atoms with E-state index in [2.05, 4.69) is 63.7 Å². The van der Waals surface area contributed by atoms with E-state index in [4.69, 9.17) is 0 Å². The van der Waals surface area contributed by atoms with Crippen LogP contribution in [-0.2, 0) is 0 Å². The fraction of sp³-hybridized carbons (Fsp3) is 1.00. The Morgan fingerprint density at radius 1 is 1.16 bits per heavy atom. The molecule has 19 heavy (non-hydrogen) atoms. The van der Waals surface area contributed by atoms with Crippen LogP contribution >= 0.6 is 0 Å². The second kappa shape index (κ2) is 7.61. The Balaban J connectivity index is 2.36. The van der Waals surface area contributed by atoms with Crippen molar-refractivity contribution in [3.8, 4) is 0 Å². The van der Waals surface area contributed by atoms with E-state index in [0.29, 0.717) is 24.2 Å². The van der Waals surface area contributed by atoms with E-state index in [1.54, 1.807) is 0 Å². The molecule has 1 aliphatic heterocycles. The van der Waals surface area contributed by atoms with Crippen LogP contribution in [0.2, 0.25) is 0 Å². The van der Waals surface area contributed by atoms with E-state index in [1.165, 1.54) is 13.0 Å². The maximum atomic E-state index is 3.79. The average molecular weight is 269 g/mol. The molecule has 3 nitrogen and oxygen atoms in total. The molecular weight excluding hydrogens is 234 g/mol. The predicted octanol–water partition coefficient (Wildman–Crippen LogP) is 2.42. The third-order valence-corrected chi connectivity index (χ3v) is 4.71. The largest absolute Gasteiger partial charge is 0.312 e. The molecule has 0 radical (unpaired) electrons. The van der Waals surface area contributed by atoms with Crippen LogP contribution < -0.4 is 5.32 Å². The number of nitrogens with one attached hydrogen (secondary N) is 1. The normalized spacial score (nSPS) is 29.7. The van der Waals surface area contributed by atoms with Gasteiger partial charge in [-0.15, -0.1) is 0 Å². The highest BCUT2D eigenvalue weighted by atomic mass is 15.2. The van der Waals surface area contributed by atoms with Crippen molar-refractivity contribution >= 4 is 0 Å². The molecule has 0 aromatic rings. The quantitative estimate of drug-likeness (QED) is 0.799. The zero-order valence-electron chi connectivity index (χ0n) is 14.1. The van der Waals surface area contributed by atoms with Gasteiger partial charge in [0.15, 0.2) is 0 Å². The maximum absolute atomic E-state index is 3.79. The van der Waals surface area contributed by atoms with Gasteiger partial charge in [-0.05, 0) is 54.0 Å². The third kappa shape index (κ3) is 5.05. The first kappa shape index (κ1) is 16.9. The highest BCUT2D eigenvalue weighted by Crippen LogP contribution is 2.20. The number of likely N-dealkylation sites (tertiary alicyclic amines) is 1. The fourth-order valence-electron chi connectivity index (χ4n) is 3.32. The Labute approximate surface area is 120 Å². The Morgan fingerprint density at radius 2 is 1.74 bits per heavy atom. The minimum absolute atomic E-state index is 0.635. The van der Waals surface area contributed by atoms with Crippen LogP contribution in [0.5, 0.6) is 0 Å². The van der Waals surface area contributed by atoms with Crippen molar-refractivity contribution < 1.29 is 0 Å². The molecule has 3 heteroatoms. The topological polar surface area (TPSA) is 18.5 Å². The lowest BCUT2D eigenvalue weighted by Gasteiger charge is -2.40. The van der Waals surface area contributed by atoms with Crippen LogP contribution in [0.1, 0.15) is 48.0 Å². The molecule has 0 aromatic carbocycles. The highest BCUT2D eigenvalue weighted by Gasteiger charge is 2.28. The number of nitrogens with zero attached hydrogens (tertiary/aromatic N) is 2. The second-order valence-electron chi connectivity index (χ2n) is 6.99. The van der Waals surface area contributed by atoms with Crippen LogP contribution in [0.25, 0.3) is 0 Å². The third-order valence-electron chi connectivity index (χ3n) is 4.71. The smallest absolute Gasteiger partial charge is 0.0120 e. The van der Waals surface area contributed by atoms with E-state index in [-0.39, 0.29) is 0 Å². The molecule has 0 aromatic heterocycles. The standard InChI is InChI=1S/C16H35N3/c1-12(2)19(13(3)4)9-8-17-16-10-15(6)18(7)11-14(16)5/h12-17H,8-11H2,1-7H3. The molecule has 1 heterocycles. The van der Waals surface area contributed by atoms with Gasteiger partial charge in [0.1, 0.15) is 0 Å². The summed E-state index contributed by atoms with van der Waals surface area (Å²) in [4.78, 5) is 5.05. The first-order valence-electron chi connectivity index (χ1n) is 8.02. The van der Waals surface area contributed by atoms with Gasteiger partial charge in [-0.25, -0.2) is 0 Å². The highest BCUT2D eigenvalue weighted by molar-refractivity contribution is 4.86. The molecule has 0 aliphatic carbocycles. The summed E-state index contributed by atoms with van der Waals surface area (Å²) in [5.74, 6) is 0.757. The maximum Gasteiger partial charge on any atom is 0.0120 e. The Kier molecular flexibility index (Phi) is 6.78. The first-order chi connectivity index (χ1) is 8.82. The van der Waals surface area contributed by atoms with Crippen LogP contribution in [0.4, 0.5) is 0 Å². The summed E-state index contributed by atoms with van der Waals surface area (Å²) in [6.45, 7) is 17.4. The van der Waals surface area contributed by atoms with Gasteiger partial charge >= 0.3 is 0 Å². The van der Waals surface area contributed by atoms with E-state index in [1.807, 2.05) is 0 Å². The minimum Gasteiger partial charge on any atom is -0.312 e. The first-order valence-corrected chi connectivity index (χ1v) is 8.02. The van der Waals surface area contributed by atoms with Crippen LogP contribution in [0, 0.1) is 5.92 Å². The number of piperidine rings is 1. The summed E-state index contributed by atoms with van der Waals surface area (Å²) >= 11 is 0. The van der Waals surface area contributed by atoms with Crippen LogP contribution in [0.15, 0.2) is 0 Å². The molecule has 0 saturated carbocycles. The molecule has 114 valence electrons. The Hall–Kier alpha value is -0.120. The van der Waals surface area contributed by atoms with Crippen molar-refractivity contribution in [1.29, 1.82) is 0 Å². The van der Waals surface area contributed by atoms with Crippen molar-refractivity contribution in [2.75, 3.05) is 26.7 Å². The number of hydrogen-bond donors (Lipinski definition) is 1. The van der Waals surface area contributed by atoms with Gasteiger partial charge in [0.25, 0.3) is 0 Å². The molecule has 0 bridgehead atoms. The van der Waals surface area contributed by atoms with Crippen molar-refractivity contribution in [3.63, 3.8) is 0 Å². The lowest BCUT2D eigenvalue weighted by molar-refractivity contribution is 0.115. The summed E-state index contributed by atoms with van der Waals surface area (Å²) in [5, 5.41) is 3.79. The lowest BCUT2D eigenvalue weighted by atomic mass is 9.90. The number of rotatable bonds is 6. The van der Waals surface area contributed by atoms with Gasteiger partial charge in [-0.2, -0.15) is 0 Å². The average Bonchev–Trinajstić information content (AvgIpc) is 2.29. The van der Waals surface area contributed by atoms with Crippen LogP contribution in [-0.4, -0.2) is 60.6 Å². The van der Waals surface area contributed by atoms with E-state index in [9.17, 15) is 0 Å². The Morgan fingerprint density at radius 3 is 2.26 bits per heavy atom. The molecule has 1 rings (SSSR count). The van der Waals surface area contributed by atoms with Gasteiger partial charge in [-0.3, -0.25) is 4.90 Å². The van der Waals surface area contributed by atoms with E-state index < -0.39 is 0 Å². The summed E-state index contributed by atoms with van der Waals surface area (Å²) in [5.41, 5.74) is 0. The molecule has 3 atom stereocenters. The van der Waals surface area contributed by atoms with Crippen molar-refractivity contribution in [2.45, 2.75) is 72.1 Å². The van der Waals surface area contributed by atoms with Gasteiger partial charge < -0.3 is 10.2 Å². The molecule has 1 N–H and O–H groups in total. The van der Waals surface area contributed by atoms with Gasteiger partial charge in [-0.1, -0.05) is 6.92 Å². The predicted molar refractivity (Wildman–Crippen MR) is 84.6 cm³/mol. The zero-order valence-corrected chi connectivity index (χ0v) is 14.1. The van der Waals surface area contributed by atoms with Gasteiger partial charge in [0.05, 0.1) is 0 Å². The number of hydrogen-bond acceptors (Lipinski definition) is 3.